The number of rotatable bonds is 8. The minimum atomic E-state index is 0.375. The molecule has 1 saturated heterocycles. The van der Waals surface area contributed by atoms with E-state index in [0.29, 0.717) is 6.10 Å². The van der Waals surface area contributed by atoms with E-state index in [-0.39, 0.29) is 0 Å². The van der Waals surface area contributed by atoms with Gasteiger partial charge in [0.2, 0.25) is 0 Å². The van der Waals surface area contributed by atoms with Gasteiger partial charge in [-0.15, -0.1) is 0 Å². The fourth-order valence-corrected chi connectivity index (χ4v) is 3.37. The SMILES string of the molecule is Cc1ccc(-n2cccn2)c(CN(CCN(C)C)CC2CCCO2)c1. The first-order chi connectivity index (χ1) is 12.1. The second-order valence-corrected chi connectivity index (χ2v) is 7.26. The van der Waals surface area contributed by atoms with E-state index >= 15 is 0 Å². The highest BCUT2D eigenvalue weighted by atomic mass is 16.5. The predicted molar refractivity (Wildman–Crippen MR) is 101 cm³/mol. The molecule has 1 atom stereocenters. The number of benzene rings is 1. The summed E-state index contributed by atoms with van der Waals surface area (Å²) in [6.07, 6.45) is 6.59. The Balaban J connectivity index is 1.78. The Morgan fingerprint density at radius 2 is 2.16 bits per heavy atom. The number of aryl methyl sites for hydroxylation is 1. The van der Waals surface area contributed by atoms with Crippen LogP contribution in [0, 0.1) is 6.92 Å². The summed E-state index contributed by atoms with van der Waals surface area (Å²) in [6.45, 7) is 7.08. The molecule has 1 unspecified atom stereocenters. The molecule has 0 saturated carbocycles. The number of likely N-dealkylation sites (N-methyl/N-ethyl adjacent to an activating group) is 1. The number of hydrogen-bond acceptors (Lipinski definition) is 4. The van der Waals surface area contributed by atoms with Crippen molar-refractivity contribution in [1.82, 2.24) is 19.6 Å². The van der Waals surface area contributed by atoms with E-state index in [1.807, 2.05) is 23.1 Å². The molecule has 5 nitrogen and oxygen atoms in total. The molecule has 0 spiro atoms. The van der Waals surface area contributed by atoms with Gasteiger partial charge in [0.15, 0.2) is 0 Å². The third kappa shape index (κ3) is 5.14. The van der Waals surface area contributed by atoms with Crippen molar-refractivity contribution < 1.29 is 4.74 Å². The highest BCUT2D eigenvalue weighted by Gasteiger charge is 2.20. The summed E-state index contributed by atoms with van der Waals surface area (Å²) in [5, 5.41) is 4.43. The Kier molecular flexibility index (Phi) is 6.24. The molecule has 0 radical (unpaired) electrons. The normalized spacial score (nSPS) is 17.7. The molecule has 0 aliphatic carbocycles. The lowest BCUT2D eigenvalue weighted by atomic mass is 10.1. The maximum Gasteiger partial charge on any atom is 0.0702 e. The number of aromatic nitrogens is 2. The summed E-state index contributed by atoms with van der Waals surface area (Å²) in [4.78, 5) is 4.77. The minimum Gasteiger partial charge on any atom is -0.377 e. The van der Waals surface area contributed by atoms with Crippen molar-refractivity contribution in [3.05, 3.63) is 47.8 Å². The van der Waals surface area contributed by atoms with Gasteiger partial charge in [0.25, 0.3) is 0 Å². The molecule has 2 heterocycles. The highest BCUT2D eigenvalue weighted by molar-refractivity contribution is 5.42. The van der Waals surface area contributed by atoms with Crippen molar-refractivity contribution in [3.8, 4) is 5.69 Å². The van der Waals surface area contributed by atoms with Crippen LogP contribution in [0.15, 0.2) is 36.7 Å². The van der Waals surface area contributed by atoms with Crippen LogP contribution in [0.3, 0.4) is 0 Å². The van der Waals surface area contributed by atoms with E-state index in [1.165, 1.54) is 24.0 Å². The summed E-state index contributed by atoms with van der Waals surface area (Å²) in [7, 11) is 4.26. The molecule has 1 aliphatic rings. The zero-order valence-electron chi connectivity index (χ0n) is 15.7. The Labute approximate surface area is 151 Å². The molecule has 25 heavy (non-hydrogen) atoms. The number of nitrogens with zero attached hydrogens (tertiary/aromatic N) is 4. The fourth-order valence-electron chi connectivity index (χ4n) is 3.37. The van der Waals surface area contributed by atoms with Crippen LogP contribution in [0.5, 0.6) is 0 Å². The van der Waals surface area contributed by atoms with Crippen LogP contribution in [-0.2, 0) is 11.3 Å². The van der Waals surface area contributed by atoms with Crippen LogP contribution in [0.1, 0.15) is 24.0 Å². The predicted octanol–water partition coefficient (Wildman–Crippen LogP) is 2.72. The second kappa shape index (κ2) is 8.61. The van der Waals surface area contributed by atoms with Gasteiger partial charge < -0.3 is 9.64 Å². The monoisotopic (exact) mass is 342 g/mol. The van der Waals surface area contributed by atoms with Crippen LogP contribution >= 0.6 is 0 Å². The molecule has 2 aromatic rings. The average Bonchev–Trinajstić information content (AvgIpc) is 3.26. The highest BCUT2D eigenvalue weighted by Crippen LogP contribution is 2.20. The zero-order chi connectivity index (χ0) is 17.6. The van der Waals surface area contributed by atoms with Crippen LogP contribution < -0.4 is 0 Å². The smallest absolute Gasteiger partial charge is 0.0702 e. The molecular weight excluding hydrogens is 312 g/mol. The Morgan fingerprint density at radius 1 is 1.28 bits per heavy atom. The second-order valence-electron chi connectivity index (χ2n) is 7.26. The number of ether oxygens (including phenoxy) is 1. The van der Waals surface area contributed by atoms with Gasteiger partial charge >= 0.3 is 0 Å². The lowest BCUT2D eigenvalue weighted by Crippen LogP contribution is -2.37. The summed E-state index contributed by atoms with van der Waals surface area (Å²) < 4.78 is 7.84. The van der Waals surface area contributed by atoms with Crippen LogP contribution in [-0.4, -0.2) is 66.0 Å². The van der Waals surface area contributed by atoms with E-state index in [0.717, 1.165) is 38.5 Å². The minimum absolute atomic E-state index is 0.375. The standard InChI is InChI=1S/C20H30N4O/c1-17-7-8-20(24-10-5-9-21-24)18(14-17)15-23(12-11-22(2)3)16-19-6-4-13-25-19/h5,7-10,14,19H,4,6,11-13,15-16H2,1-3H3. The van der Waals surface area contributed by atoms with Gasteiger partial charge in [-0.2, -0.15) is 5.10 Å². The first-order valence-electron chi connectivity index (χ1n) is 9.20. The number of hydrogen-bond donors (Lipinski definition) is 0. The molecule has 3 rings (SSSR count). The third-order valence-electron chi connectivity index (χ3n) is 4.73. The Morgan fingerprint density at radius 3 is 2.84 bits per heavy atom. The van der Waals surface area contributed by atoms with E-state index in [9.17, 15) is 0 Å². The van der Waals surface area contributed by atoms with Crippen molar-refractivity contribution in [2.75, 3.05) is 40.3 Å². The molecule has 0 bridgehead atoms. The van der Waals surface area contributed by atoms with Gasteiger partial charge in [-0.1, -0.05) is 17.7 Å². The molecule has 0 N–H and O–H groups in total. The Hall–Kier alpha value is -1.69. The average molecular weight is 342 g/mol. The molecule has 1 aromatic carbocycles. The third-order valence-corrected chi connectivity index (χ3v) is 4.73. The van der Waals surface area contributed by atoms with Gasteiger partial charge in [-0.05, 0) is 51.6 Å². The van der Waals surface area contributed by atoms with Crippen LogP contribution in [0.4, 0.5) is 0 Å². The molecule has 1 fully saturated rings. The van der Waals surface area contributed by atoms with Crippen LogP contribution in [0.25, 0.3) is 5.69 Å². The topological polar surface area (TPSA) is 33.5 Å². The van der Waals surface area contributed by atoms with Gasteiger partial charge in [-0.3, -0.25) is 4.90 Å². The Bertz CT molecular complexity index is 648. The van der Waals surface area contributed by atoms with Gasteiger partial charge in [0.05, 0.1) is 11.8 Å². The molecule has 1 aromatic heterocycles. The van der Waals surface area contributed by atoms with E-state index in [1.54, 1.807) is 0 Å². The zero-order valence-corrected chi connectivity index (χ0v) is 15.7. The van der Waals surface area contributed by atoms with E-state index < -0.39 is 0 Å². The fraction of sp³-hybridized carbons (Fsp3) is 0.550. The molecule has 1 aliphatic heterocycles. The summed E-state index contributed by atoms with van der Waals surface area (Å²) in [5.74, 6) is 0. The molecule has 5 heteroatoms. The van der Waals surface area contributed by atoms with Crippen molar-refractivity contribution in [2.24, 2.45) is 0 Å². The van der Waals surface area contributed by atoms with Crippen molar-refractivity contribution >= 4 is 0 Å². The van der Waals surface area contributed by atoms with Crippen molar-refractivity contribution in [1.29, 1.82) is 0 Å². The van der Waals surface area contributed by atoms with Crippen molar-refractivity contribution in [3.63, 3.8) is 0 Å². The summed E-state index contributed by atoms with van der Waals surface area (Å²) in [6, 6.07) is 8.59. The van der Waals surface area contributed by atoms with Crippen LogP contribution in [0.2, 0.25) is 0 Å². The largest absolute Gasteiger partial charge is 0.377 e. The van der Waals surface area contributed by atoms with Gasteiger partial charge in [0, 0.05) is 45.2 Å². The summed E-state index contributed by atoms with van der Waals surface area (Å²) >= 11 is 0. The molecule has 136 valence electrons. The molecular formula is C20H30N4O. The summed E-state index contributed by atoms with van der Waals surface area (Å²) in [5.41, 5.74) is 3.77. The van der Waals surface area contributed by atoms with Gasteiger partial charge in [-0.25, -0.2) is 4.68 Å². The first kappa shape index (κ1) is 18.1. The van der Waals surface area contributed by atoms with Crippen molar-refractivity contribution in [2.45, 2.75) is 32.4 Å². The quantitative estimate of drug-likeness (QED) is 0.739. The maximum atomic E-state index is 5.88. The first-order valence-corrected chi connectivity index (χ1v) is 9.20. The van der Waals surface area contributed by atoms with Gasteiger partial charge in [0.1, 0.15) is 0 Å². The van der Waals surface area contributed by atoms with E-state index in [4.69, 9.17) is 4.74 Å². The molecule has 0 amide bonds. The van der Waals surface area contributed by atoms with E-state index in [2.05, 4.69) is 54.1 Å². The lowest BCUT2D eigenvalue weighted by molar-refractivity contribution is 0.0682. The maximum absolute atomic E-state index is 5.88. The lowest BCUT2D eigenvalue weighted by Gasteiger charge is -2.27.